The van der Waals surface area contributed by atoms with Crippen LogP contribution in [0, 0.1) is 11.8 Å². The Balaban J connectivity index is 1.89. The Morgan fingerprint density at radius 1 is 1.26 bits per heavy atom. The van der Waals surface area contributed by atoms with Crippen LogP contribution in [0.15, 0.2) is 24.3 Å². The Bertz CT molecular complexity index is 553. The highest BCUT2D eigenvalue weighted by atomic mass is 16.5. The number of aliphatic carboxylic acids is 1. The van der Waals surface area contributed by atoms with Crippen molar-refractivity contribution in [2.24, 2.45) is 11.8 Å². The molecule has 1 fully saturated rings. The molecule has 2 atom stereocenters. The second-order valence-electron chi connectivity index (χ2n) is 6.69. The number of nitrogens with zero attached hydrogens (tertiary/aromatic N) is 1. The van der Waals surface area contributed by atoms with Crippen LogP contribution in [0.3, 0.4) is 0 Å². The molecule has 126 valence electrons. The van der Waals surface area contributed by atoms with Crippen molar-refractivity contribution in [1.29, 1.82) is 0 Å². The van der Waals surface area contributed by atoms with Gasteiger partial charge < -0.3 is 14.7 Å². The van der Waals surface area contributed by atoms with Gasteiger partial charge in [-0.15, -0.1) is 0 Å². The van der Waals surface area contributed by atoms with Gasteiger partial charge in [-0.25, -0.2) is 0 Å². The topological polar surface area (TPSA) is 66.8 Å². The number of piperidine rings is 1. The molecule has 1 saturated heterocycles. The van der Waals surface area contributed by atoms with E-state index in [0.29, 0.717) is 24.6 Å². The molecule has 1 N–H and O–H groups in total. The van der Waals surface area contributed by atoms with Crippen molar-refractivity contribution in [3.05, 3.63) is 29.8 Å². The molecule has 1 amide bonds. The Kier molecular flexibility index (Phi) is 5.64. The number of amides is 1. The first-order chi connectivity index (χ1) is 10.9. The largest absolute Gasteiger partial charge is 0.484 e. The molecule has 2 rings (SSSR count). The first-order valence-corrected chi connectivity index (χ1v) is 8.10. The van der Waals surface area contributed by atoms with Crippen LogP contribution < -0.4 is 4.74 Å². The van der Waals surface area contributed by atoms with Gasteiger partial charge in [0.05, 0.1) is 5.92 Å². The molecule has 1 aromatic rings. The van der Waals surface area contributed by atoms with Gasteiger partial charge in [0, 0.05) is 13.1 Å². The molecule has 1 aliphatic rings. The summed E-state index contributed by atoms with van der Waals surface area (Å²) >= 11 is 0. The molecule has 0 aromatic heterocycles. The van der Waals surface area contributed by atoms with Gasteiger partial charge in [0.15, 0.2) is 6.61 Å². The summed E-state index contributed by atoms with van der Waals surface area (Å²) in [6.45, 7) is 7.03. The van der Waals surface area contributed by atoms with E-state index < -0.39 is 11.9 Å². The van der Waals surface area contributed by atoms with Crippen molar-refractivity contribution in [2.75, 3.05) is 19.7 Å². The van der Waals surface area contributed by atoms with Crippen LogP contribution in [0.1, 0.15) is 38.7 Å². The van der Waals surface area contributed by atoms with Gasteiger partial charge in [0.2, 0.25) is 0 Å². The van der Waals surface area contributed by atoms with Gasteiger partial charge in [-0.3, -0.25) is 9.59 Å². The lowest BCUT2D eigenvalue weighted by atomic mass is 9.90. The summed E-state index contributed by atoms with van der Waals surface area (Å²) in [5.41, 5.74) is 1.22. The third-order valence-electron chi connectivity index (χ3n) is 4.27. The van der Waals surface area contributed by atoms with E-state index in [-0.39, 0.29) is 25.0 Å². The standard InChI is InChI=1S/C18H25NO4/c1-12(2)14-4-6-16(7-5-14)23-11-17(20)19-9-13(3)8-15(10-19)18(21)22/h4-7,12-13,15H,8-11H2,1-3H3,(H,21,22). The van der Waals surface area contributed by atoms with Crippen molar-refractivity contribution in [3.63, 3.8) is 0 Å². The highest BCUT2D eigenvalue weighted by Crippen LogP contribution is 2.22. The van der Waals surface area contributed by atoms with E-state index in [1.54, 1.807) is 4.90 Å². The maximum absolute atomic E-state index is 12.3. The van der Waals surface area contributed by atoms with Gasteiger partial charge in [-0.1, -0.05) is 32.9 Å². The third-order valence-corrected chi connectivity index (χ3v) is 4.27. The molecule has 1 aliphatic heterocycles. The number of carboxylic acids is 1. The van der Waals surface area contributed by atoms with Crippen molar-refractivity contribution in [2.45, 2.75) is 33.1 Å². The molecule has 5 heteroatoms. The molecule has 0 spiro atoms. The number of hydrogen-bond donors (Lipinski definition) is 1. The molecule has 0 radical (unpaired) electrons. The number of rotatable bonds is 5. The van der Waals surface area contributed by atoms with Crippen LogP contribution in [0.5, 0.6) is 5.75 Å². The third kappa shape index (κ3) is 4.71. The molecule has 1 aromatic carbocycles. The summed E-state index contributed by atoms with van der Waals surface area (Å²) in [4.78, 5) is 25.0. The number of carbonyl (C=O) groups excluding carboxylic acids is 1. The second-order valence-corrected chi connectivity index (χ2v) is 6.69. The zero-order valence-corrected chi connectivity index (χ0v) is 14.0. The Hall–Kier alpha value is -2.04. The predicted molar refractivity (Wildman–Crippen MR) is 87.5 cm³/mol. The maximum atomic E-state index is 12.3. The molecule has 5 nitrogen and oxygen atoms in total. The molecule has 0 saturated carbocycles. The quantitative estimate of drug-likeness (QED) is 0.906. The summed E-state index contributed by atoms with van der Waals surface area (Å²) in [7, 11) is 0. The number of ether oxygens (including phenoxy) is 1. The van der Waals surface area contributed by atoms with E-state index in [9.17, 15) is 9.59 Å². The average molecular weight is 319 g/mol. The number of likely N-dealkylation sites (tertiary alicyclic amines) is 1. The fraction of sp³-hybridized carbons (Fsp3) is 0.556. The van der Waals surface area contributed by atoms with Crippen molar-refractivity contribution < 1.29 is 19.4 Å². The summed E-state index contributed by atoms with van der Waals surface area (Å²) in [6.07, 6.45) is 0.622. The molecular weight excluding hydrogens is 294 g/mol. The minimum atomic E-state index is -0.834. The lowest BCUT2D eigenvalue weighted by Gasteiger charge is -2.34. The highest BCUT2D eigenvalue weighted by Gasteiger charge is 2.31. The second kappa shape index (κ2) is 7.49. The van der Waals surface area contributed by atoms with E-state index in [1.807, 2.05) is 31.2 Å². The van der Waals surface area contributed by atoms with Gasteiger partial charge in [-0.05, 0) is 36.0 Å². The van der Waals surface area contributed by atoms with Crippen LogP contribution in [0.25, 0.3) is 0 Å². The number of carbonyl (C=O) groups is 2. The zero-order chi connectivity index (χ0) is 17.0. The summed E-state index contributed by atoms with van der Waals surface area (Å²) in [5.74, 6) is -0.168. The summed E-state index contributed by atoms with van der Waals surface area (Å²) < 4.78 is 5.55. The summed E-state index contributed by atoms with van der Waals surface area (Å²) in [6, 6.07) is 7.71. The van der Waals surface area contributed by atoms with Crippen LogP contribution in [-0.2, 0) is 9.59 Å². The fourth-order valence-electron chi connectivity index (χ4n) is 2.92. The van der Waals surface area contributed by atoms with Crippen molar-refractivity contribution in [3.8, 4) is 5.75 Å². The molecule has 2 unspecified atom stereocenters. The van der Waals surface area contributed by atoms with Crippen molar-refractivity contribution >= 4 is 11.9 Å². The molecule has 0 aliphatic carbocycles. The SMILES string of the molecule is CC1CC(C(=O)O)CN(C(=O)COc2ccc(C(C)C)cc2)C1. The van der Waals surface area contributed by atoms with Gasteiger partial charge in [0.25, 0.3) is 5.91 Å². The van der Waals surface area contributed by atoms with Gasteiger partial charge in [0.1, 0.15) is 5.75 Å². The van der Waals surface area contributed by atoms with Crippen LogP contribution in [0.4, 0.5) is 0 Å². The smallest absolute Gasteiger partial charge is 0.308 e. The molecule has 23 heavy (non-hydrogen) atoms. The zero-order valence-electron chi connectivity index (χ0n) is 14.0. The average Bonchev–Trinajstić information content (AvgIpc) is 2.52. The van der Waals surface area contributed by atoms with Crippen LogP contribution in [0.2, 0.25) is 0 Å². The summed E-state index contributed by atoms with van der Waals surface area (Å²) in [5, 5.41) is 9.17. The van der Waals surface area contributed by atoms with Crippen LogP contribution >= 0.6 is 0 Å². The predicted octanol–water partition coefficient (Wildman–Crippen LogP) is 2.76. The maximum Gasteiger partial charge on any atom is 0.308 e. The minimum Gasteiger partial charge on any atom is -0.484 e. The first-order valence-electron chi connectivity index (χ1n) is 8.10. The number of carboxylic acid groups (broad SMARTS) is 1. The van der Waals surface area contributed by atoms with Gasteiger partial charge in [-0.2, -0.15) is 0 Å². The lowest BCUT2D eigenvalue weighted by molar-refractivity contribution is -0.147. The minimum absolute atomic E-state index is 0.0555. The highest BCUT2D eigenvalue weighted by molar-refractivity contribution is 5.79. The monoisotopic (exact) mass is 319 g/mol. The van der Waals surface area contributed by atoms with E-state index in [2.05, 4.69) is 13.8 Å². The number of benzene rings is 1. The van der Waals surface area contributed by atoms with E-state index in [4.69, 9.17) is 9.84 Å². The molecular formula is C18H25NO4. The lowest BCUT2D eigenvalue weighted by Crippen LogP contribution is -2.47. The normalized spacial score (nSPS) is 21.3. The van der Waals surface area contributed by atoms with Crippen molar-refractivity contribution in [1.82, 2.24) is 4.90 Å². The van der Waals surface area contributed by atoms with E-state index in [1.165, 1.54) is 5.56 Å². The van der Waals surface area contributed by atoms with Gasteiger partial charge >= 0.3 is 5.97 Å². The van der Waals surface area contributed by atoms with E-state index >= 15 is 0 Å². The Labute approximate surface area is 137 Å². The first kappa shape index (κ1) is 17.3. The Morgan fingerprint density at radius 2 is 1.91 bits per heavy atom. The van der Waals surface area contributed by atoms with E-state index in [0.717, 1.165) is 0 Å². The fourth-order valence-corrected chi connectivity index (χ4v) is 2.92. The van der Waals surface area contributed by atoms with Crippen LogP contribution in [-0.4, -0.2) is 41.6 Å². The number of hydrogen-bond acceptors (Lipinski definition) is 3. The molecule has 0 bridgehead atoms. The Morgan fingerprint density at radius 3 is 2.48 bits per heavy atom. The molecule has 1 heterocycles.